The Labute approximate surface area is 158 Å². The molecule has 1 rings (SSSR count). The number of thiophene rings is 1. The SMILES string of the molecule is CCOP(=O)(OCC)[C@@H](CC)[C@H](/C=C(\C)C(C)(C)C)c1ccc(C)s1. The van der Waals surface area contributed by atoms with Crippen LogP contribution in [0.25, 0.3) is 0 Å². The molecule has 1 aromatic heterocycles. The Morgan fingerprint density at radius 1 is 1.20 bits per heavy atom. The van der Waals surface area contributed by atoms with Crippen LogP contribution in [-0.2, 0) is 13.6 Å². The van der Waals surface area contributed by atoms with E-state index in [1.807, 2.05) is 13.8 Å². The molecular weight excluding hydrogens is 351 g/mol. The van der Waals surface area contributed by atoms with Gasteiger partial charge in [-0.2, -0.15) is 0 Å². The summed E-state index contributed by atoms with van der Waals surface area (Å²) in [4.78, 5) is 2.49. The van der Waals surface area contributed by atoms with Crippen LogP contribution in [0.5, 0.6) is 0 Å². The quantitative estimate of drug-likeness (QED) is 0.333. The molecule has 0 saturated carbocycles. The molecule has 0 amide bonds. The zero-order valence-electron chi connectivity index (χ0n) is 17.1. The van der Waals surface area contributed by atoms with Gasteiger partial charge in [-0.25, -0.2) is 0 Å². The first-order valence-corrected chi connectivity index (χ1v) is 11.7. The lowest BCUT2D eigenvalue weighted by Gasteiger charge is -2.31. The summed E-state index contributed by atoms with van der Waals surface area (Å²) in [7, 11) is -3.19. The summed E-state index contributed by atoms with van der Waals surface area (Å²) in [6.07, 6.45) is 3.02. The third-order valence-electron chi connectivity index (χ3n) is 4.56. The lowest BCUT2D eigenvalue weighted by molar-refractivity contribution is 0.209. The Kier molecular flexibility index (Phi) is 8.60. The molecule has 3 nitrogen and oxygen atoms in total. The second-order valence-electron chi connectivity index (χ2n) is 7.42. The summed E-state index contributed by atoms with van der Waals surface area (Å²) in [6, 6.07) is 4.29. The minimum atomic E-state index is -3.19. The van der Waals surface area contributed by atoms with E-state index in [9.17, 15) is 4.57 Å². The molecule has 2 atom stereocenters. The van der Waals surface area contributed by atoms with Gasteiger partial charge in [0.25, 0.3) is 0 Å². The smallest absolute Gasteiger partial charge is 0.309 e. The maximum atomic E-state index is 13.5. The van der Waals surface area contributed by atoms with Crippen molar-refractivity contribution in [2.24, 2.45) is 5.41 Å². The average molecular weight is 387 g/mol. The number of hydrogen-bond acceptors (Lipinski definition) is 4. The third-order valence-corrected chi connectivity index (χ3v) is 8.40. The van der Waals surface area contributed by atoms with Gasteiger partial charge in [0.15, 0.2) is 0 Å². The van der Waals surface area contributed by atoms with Crippen LogP contribution in [0, 0.1) is 12.3 Å². The van der Waals surface area contributed by atoms with Gasteiger partial charge in [-0.1, -0.05) is 39.3 Å². The summed E-state index contributed by atoms with van der Waals surface area (Å²) in [5, 5.41) is 0. The normalized spacial score (nSPS) is 16.1. The predicted octanol–water partition coefficient (Wildman–Crippen LogP) is 7.18. The van der Waals surface area contributed by atoms with Crippen molar-refractivity contribution in [3.63, 3.8) is 0 Å². The standard InChI is InChI=1S/C20H35O3PS/c1-9-18(24(21,22-10-2)23-11-3)17(14-15(4)20(6,7)8)19-13-12-16(5)25-19/h12-14,17-18H,9-11H2,1-8H3/b15-14+/t17-,18-/m0/s1. The highest BCUT2D eigenvalue weighted by Gasteiger charge is 2.40. The summed E-state index contributed by atoms with van der Waals surface area (Å²) < 4.78 is 24.9. The Morgan fingerprint density at radius 3 is 2.12 bits per heavy atom. The summed E-state index contributed by atoms with van der Waals surface area (Å²) >= 11 is 1.77. The van der Waals surface area contributed by atoms with Gasteiger partial charge >= 0.3 is 7.60 Å². The van der Waals surface area contributed by atoms with E-state index in [1.165, 1.54) is 15.3 Å². The monoisotopic (exact) mass is 386 g/mol. The molecule has 0 aromatic carbocycles. The Bertz CT molecular complexity index is 603. The first-order valence-electron chi connectivity index (χ1n) is 9.23. The van der Waals surface area contributed by atoms with Gasteiger partial charge in [-0.05, 0) is 51.7 Å². The van der Waals surface area contributed by atoms with Crippen molar-refractivity contribution in [3.05, 3.63) is 33.5 Å². The van der Waals surface area contributed by atoms with E-state index in [4.69, 9.17) is 9.05 Å². The van der Waals surface area contributed by atoms with Gasteiger partial charge in [-0.15, -0.1) is 11.3 Å². The molecule has 0 bridgehead atoms. The van der Waals surface area contributed by atoms with E-state index in [0.717, 1.165) is 6.42 Å². The van der Waals surface area contributed by atoms with Gasteiger partial charge in [0.2, 0.25) is 0 Å². The van der Waals surface area contributed by atoms with E-state index in [0.29, 0.717) is 13.2 Å². The molecule has 0 fully saturated rings. The lowest BCUT2D eigenvalue weighted by atomic mass is 9.84. The van der Waals surface area contributed by atoms with Crippen LogP contribution >= 0.6 is 18.9 Å². The summed E-state index contributed by atoms with van der Waals surface area (Å²) in [5.74, 6) is 0.0341. The number of allylic oxidation sites excluding steroid dienone is 2. The molecule has 0 radical (unpaired) electrons. The maximum absolute atomic E-state index is 13.5. The Hall–Kier alpha value is -0.410. The zero-order chi connectivity index (χ0) is 19.3. The molecule has 0 saturated heterocycles. The molecule has 0 aliphatic carbocycles. The Balaban J connectivity index is 3.44. The minimum Gasteiger partial charge on any atom is -0.309 e. The highest BCUT2D eigenvalue weighted by atomic mass is 32.1. The highest BCUT2D eigenvalue weighted by Crippen LogP contribution is 2.59. The molecule has 1 aromatic rings. The molecule has 0 aliphatic rings. The van der Waals surface area contributed by atoms with Gasteiger partial charge in [0.1, 0.15) is 0 Å². The van der Waals surface area contributed by atoms with Gasteiger partial charge in [0.05, 0.1) is 18.9 Å². The van der Waals surface area contributed by atoms with Crippen molar-refractivity contribution in [1.82, 2.24) is 0 Å². The van der Waals surface area contributed by atoms with Crippen molar-refractivity contribution in [1.29, 1.82) is 0 Å². The van der Waals surface area contributed by atoms with Gasteiger partial charge in [0, 0.05) is 15.7 Å². The van der Waals surface area contributed by atoms with Crippen molar-refractivity contribution < 1.29 is 13.6 Å². The molecule has 0 N–H and O–H groups in total. The van der Waals surface area contributed by atoms with Gasteiger partial charge < -0.3 is 9.05 Å². The second-order valence-corrected chi connectivity index (χ2v) is 11.0. The maximum Gasteiger partial charge on any atom is 0.334 e. The van der Waals surface area contributed by atoms with Crippen LogP contribution in [0.4, 0.5) is 0 Å². The summed E-state index contributed by atoms with van der Waals surface area (Å²) in [5.41, 5.74) is 1.19. The van der Waals surface area contributed by atoms with Crippen molar-refractivity contribution in [2.45, 2.75) is 73.4 Å². The third kappa shape index (κ3) is 6.06. The molecular formula is C20H35O3PS. The van der Waals surface area contributed by atoms with Crippen LogP contribution in [0.1, 0.15) is 70.6 Å². The highest BCUT2D eigenvalue weighted by molar-refractivity contribution is 7.54. The fourth-order valence-corrected chi connectivity index (χ4v) is 6.18. The zero-order valence-corrected chi connectivity index (χ0v) is 18.8. The molecule has 1 heterocycles. The first kappa shape index (κ1) is 22.6. The van der Waals surface area contributed by atoms with E-state index in [1.54, 1.807) is 11.3 Å². The van der Waals surface area contributed by atoms with Crippen LogP contribution in [-0.4, -0.2) is 18.9 Å². The van der Waals surface area contributed by atoms with Crippen molar-refractivity contribution >= 4 is 18.9 Å². The second kappa shape index (κ2) is 9.50. The van der Waals surface area contributed by atoms with Crippen LogP contribution in [0.2, 0.25) is 0 Å². The largest absolute Gasteiger partial charge is 0.334 e. The first-order chi connectivity index (χ1) is 11.6. The number of rotatable bonds is 9. The fraction of sp³-hybridized carbons (Fsp3) is 0.700. The molecule has 0 aliphatic heterocycles. The summed E-state index contributed by atoms with van der Waals surface area (Å²) in [6.45, 7) is 17.5. The van der Waals surface area contributed by atoms with Gasteiger partial charge in [-0.3, -0.25) is 4.57 Å². The molecule has 0 spiro atoms. The van der Waals surface area contributed by atoms with Crippen LogP contribution in [0.15, 0.2) is 23.8 Å². The minimum absolute atomic E-state index is 0.0341. The average Bonchev–Trinajstić information content (AvgIpc) is 2.92. The topological polar surface area (TPSA) is 35.5 Å². The molecule has 25 heavy (non-hydrogen) atoms. The Morgan fingerprint density at radius 2 is 1.76 bits per heavy atom. The van der Waals surface area contributed by atoms with E-state index >= 15 is 0 Å². The van der Waals surface area contributed by atoms with E-state index < -0.39 is 7.60 Å². The molecule has 144 valence electrons. The number of hydrogen-bond donors (Lipinski definition) is 0. The lowest BCUT2D eigenvalue weighted by Crippen LogP contribution is -2.21. The van der Waals surface area contributed by atoms with Crippen molar-refractivity contribution in [3.8, 4) is 0 Å². The predicted molar refractivity (Wildman–Crippen MR) is 110 cm³/mol. The van der Waals surface area contributed by atoms with E-state index in [-0.39, 0.29) is 17.0 Å². The molecule has 0 unspecified atom stereocenters. The van der Waals surface area contributed by atoms with E-state index in [2.05, 4.69) is 59.8 Å². The van der Waals surface area contributed by atoms with Crippen LogP contribution < -0.4 is 0 Å². The molecule has 5 heteroatoms. The van der Waals surface area contributed by atoms with Crippen molar-refractivity contribution in [2.75, 3.05) is 13.2 Å². The van der Waals surface area contributed by atoms with Crippen LogP contribution in [0.3, 0.4) is 0 Å². The fourth-order valence-electron chi connectivity index (χ4n) is 2.80. The number of aryl methyl sites for hydroxylation is 1.